The van der Waals surface area contributed by atoms with E-state index in [4.69, 9.17) is 4.98 Å². The molecule has 8 nitrogen and oxygen atoms in total. The van der Waals surface area contributed by atoms with Crippen molar-refractivity contribution in [3.05, 3.63) is 78.4 Å². The first-order valence-corrected chi connectivity index (χ1v) is 12.7. The molecule has 1 unspecified atom stereocenters. The zero-order valence-electron chi connectivity index (χ0n) is 20.0. The summed E-state index contributed by atoms with van der Waals surface area (Å²) >= 11 is 1.21. The molecule has 4 aromatic rings. The predicted molar refractivity (Wildman–Crippen MR) is 142 cm³/mol. The highest BCUT2D eigenvalue weighted by atomic mass is 32.2. The van der Waals surface area contributed by atoms with Gasteiger partial charge in [-0.1, -0.05) is 11.8 Å². The molecular formula is C28H24N4O4S. The molecule has 2 N–H and O–H groups in total. The van der Waals surface area contributed by atoms with Crippen LogP contribution < -0.4 is 4.90 Å². The smallest absolute Gasteiger partial charge is 0.227 e. The maximum Gasteiger partial charge on any atom is 0.227 e. The normalized spacial score (nSPS) is 14.1. The summed E-state index contributed by atoms with van der Waals surface area (Å²) in [7, 11) is 0. The zero-order chi connectivity index (χ0) is 25.9. The largest absolute Gasteiger partial charge is 0.508 e. The fourth-order valence-electron chi connectivity index (χ4n) is 4.17. The number of carbonyl (C=O) groups excluding carboxylic acids is 2. The van der Waals surface area contributed by atoms with Gasteiger partial charge in [-0.15, -0.1) is 10.2 Å². The summed E-state index contributed by atoms with van der Waals surface area (Å²) < 4.78 is 0. The van der Waals surface area contributed by atoms with Crippen molar-refractivity contribution < 1.29 is 19.8 Å². The van der Waals surface area contributed by atoms with Crippen molar-refractivity contribution in [2.75, 3.05) is 11.4 Å². The second kappa shape index (κ2) is 10.4. The molecule has 1 fully saturated rings. The molecule has 1 saturated heterocycles. The minimum Gasteiger partial charge on any atom is -0.508 e. The van der Waals surface area contributed by atoms with Crippen LogP contribution in [-0.4, -0.2) is 48.9 Å². The molecule has 2 heterocycles. The molecule has 0 spiro atoms. The van der Waals surface area contributed by atoms with Crippen LogP contribution in [-0.2, 0) is 4.79 Å². The van der Waals surface area contributed by atoms with Gasteiger partial charge in [0.15, 0.2) is 5.78 Å². The number of amides is 1. The van der Waals surface area contributed by atoms with Crippen molar-refractivity contribution in [3.8, 4) is 34.0 Å². The minimum atomic E-state index is -0.478. The fourth-order valence-corrected chi connectivity index (χ4v) is 4.96. The van der Waals surface area contributed by atoms with E-state index in [0.29, 0.717) is 35.1 Å². The Kier molecular flexibility index (Phi) is 6.87. The Hall–Kier alpha value is -4.24. The Morgan fingerprint density at radius 2 is 1.46 bits per heavy atom. The van der Waals surface area contributed by atoms with Gasteiger partial charge in [-0.05, 0) is 86.1 Å². The number of ketones is 1. The number of phenols is 2. The van der Waals surface area contributed by atoms with Crippen molar-refractivity contribution in [3.63, 3.8) is 0 Å². The lowest BCUT2D eigenvalue weighted by Gasteiger charge is -2.16. The van der Waals surface area contributed by atoms with Gasteiger partial charge in [-0.2, -0.15) is 0 Å². The molecule has 0 bridgehead atoms. The van der Waals surface area contributed by atoms with E-state index < -0.39 is 5.25 Å². The summed E-state index contributed by atoms with van der Waals surface area (Å²) in [4.78, 5) is 31.6. The second-order valence-corrected chi connectivity index (χ2v) is 10.0. The number of rotatable bonds is 7. The number of hydrogen-bond donors (Lipinski definition) is 2. The number of carbonyl (C=O) groups is 2. The van der Waals surface area contributed by atoms with E-state index in [1.54, 1.807) is 84.6 Å². The molecule has 1 atom stereocenters. The lowest BCUT2D eigenvalue weighted by Crippen LogP contribution is -2.23. The fraction of sp³-hybridized carbons (Fsp3) is 0.179. The summed E-state index contributed by atoms with van der Waals surface area (Å²) in [5.74, 6) is 0.288. The Morgan fingerprint density at radius 3 is 2.03 bits per heavy atom. The van der Waals surface area contributed by atoms with Crippen LogP contribution in [0.1, 0.15) is 30.1 Å². The highest BCUT2D eigenvalue weighted by molar-refractivity contribution is 8.00. The standard InChI is InChI=1S/C28H24N4O4S/c1-17(27(36)20-4-10-21(11-5-20)32-16-2-3-24(32)35)37-28-29-25(18-6-12-22(33)13-7-18)26(30-31-28)19-8-14-23(34)15-9-19/h4-15,17,33-34H,2-3,16H2,1H3. The van der Waals surface area contributed by atoms with Crippen molar-refractivity contribution >= 4 is 29.1 Å². The minimum absolute atomic E-state index is 0.0818. The number of nitrogens with zero attached hydrogens (tertiary/aromatic N) is 4. The predicted octanol–water partition coefficient (Wildman–Crippen LogP) is 5.11. The lowest BCUT2D eigenvalue weighted by atomic mass is 10.0. The molecule has 37 heavy (non-hydrogen) atoms. The lowest BCUT2D eigenvalue weighted by molar-refractivity contribution is -0.117. The Labute approximate surface area is 218 Å². The van der Waals surface area contributed by atoms with Gasteiger partial charge in [0.05, 0.1) is 5.25 Å². The van der Waals surface area contributed by atoms with Crippen LogP contribution in [0.5, 0.6) is 11.5 Å². The summed E-state index contributed by atoms with van der Waals surface area (Å²) in [5.41, 5.74) is 3.85. The monoisotopic (exact) mass is 512 g/mol. The summed E-state index contributed by atoms with van der Waals surface area (Å²) in [6.45, 7) is 2.49. The molecular weight excluding hydrogens is 488 g/mol. The van der Waals surface area contributed by atoms with Crippen molar-refractivity contribution in [1.29, 1.82) is 0 Å². The van der Waals surface area contributed by atoms with Crippen LogP contribution in [0.3, 0.4) is 0 Å². The maximum absolute atomic E-state index is 13.1. The molecule has 0 radical (unpaired) electrons. The second-order valence-electron chi connectivity index (χ2n) is 8.71. The quantitative estimate of drug-likeness (QED) is 0.259. The van der Waals surface area contributed by atoms with Gasteiger partial charge in [-0.3, -0.25) is 9.59 Å². The first kappa shape index (κ1) is 24.5. The molecule has 1 aliphatic rings. The third-order valence-electron chi connectivity index (χ3n) is 6.14. The molecule has 186 valence electrons. The number of thioether (sulfide) groups is 1. The van der Waals surface area contributed by atoms with Gasteiger partial charge in [0, 0.05) is 35.3 Å². The number of aromatic nitrogens is 3. The topological polar surface area (TPSA) is 117 Å². The van der Waals surface area contributed by atoms with Crippen LogP contribution in [0.2, 0.25) is 0 Å². The average Bonchev–Trinajstić information content (AvgIpc) is 3.35. The van der Waals surface area contributed by atoms with E-state index in [1.165, 1.54) is 11.8 Å². The van der Waals surface area contributed by atoms with E-state index in [2.05, 4.69) is 10.2 Å². The number of Topliss-reactive ketones (excluding diaryl/α,β-unsaturated/α-hetero) is 1. The van der Waals surface area contributed by atoms with E-state index in [0.717, 1.165) is 23.2 Å². The van der Waals surface area contributed by atoms with Crippen LogP contribution in [0, 0.1) is 0 Å². The van der Waals surface area contributed by atoms with Crippen molar-refractivity contribution in [1.82, 2.24) is 15.2 Å². The molecule has 0 saturated carbocycles. The molecule has 5 rings (SSSR count). The van der Waals surface area contributed by atoms with Gasteiger partial charge in [0.25, 0.3) is 0 Å². The number of phenolic OH excluding ortho intramolecular Hbond substituents is 2. The molecule has 1 amide bonds. The molecule has 9 heteroatoms. The third kappa shape index (κ3) is 5.31. The Bertz CT molecular complexity index is 1440. The first-order valence-electron chi connectivity index (χ1n) is 11.8. The summed E-state index contributed by atoms with van der Waals surface area (Å²) in [6, 6.07) is 20.3. The van der Waals surface area contributed by atoms with Gasteiger partial charge in [-0.25, -0.2) is 4.98 Å². The maximum atomic E-state index is 13.1. The van der Waals surface area contributed by atoms with Crippen molar-refractivity contribution in [2.45, 2.75) is 30.2 Å². The summed E-state index contributed by atoms with van der Waals surface area (Å²) in [5, 5.41) is 27.9. The van der Waals surface area contributed by atoms with Crippen molar-refractivity contribution in [2.24, 2.45) is 0 Å². The van der Waals surface area contributed by atoms with Crippen LogP contribution >= 0.6 is 11.8 Å². The molecule has 1 aromatic heterocycles. The van der Waals surface area contributed by atoms with Gasteiger partial charge in [0.1, 0.15) is 22.9 Å². The van der Waals surface area contributed by atoms with E-state index >= 15 is 0 Å². The SMILES string of the molecule is CC(Sc1nnc(-c2ccc(O)cc2)c(-c2ccc(O)cc2)n1)C(=O)c1ccc(N2CCCC2=O)cc1. The molecule has 1 aliphatic heterocycles. The number of benzene rings is 3. The average molecular weight is 513 g/mol. The highest BCUT2D eigenvalue weighted by Crippen LogP contribution is 2.33. The van der Waals surface area contributed by atoms with Crippen LogP contribution in [0.15, 0.2) is 78.0 Å². The van der Waals surface area contributed by atoms with E-state index in [9.17, 15) is 19.8 Å². The number of aromatic hydroxyl groups is 2. The molecule has 3 aromatic carbocycles. The van der Waals surface area contributed by atoms with Crippen LogP contribution in [0.4, 0.5) is 5.69 Å². The highest BCUT2D eigenvalue weighted by Gasteiger charge is 2.23. The van der Waals surface area contributed by atoms with Gasteiger partial charge < -0.3 is 15.1 Å². The first-order chi connectivity index (χ1) is 17.9. The van der Waals surface area contributed by atoms with Crippen LogP contribution in [0.25, 0.3) is 22.5 Å². The van der Waals surface area contributed by atoms with E-state index in [1.807, 2.05) is 0 Å². The zero-order valence-corrected chi connectivity index (χ0v) is 20.9. The molecule has 0 aliphatic carbocycles. The Morgan fingerprint density at radius 1 is 0.865 bits per heavy atom. The van der Waals surface area contributed by atoms with Gasteiger partial charge >= 0.3 is 0 Å². The third-order valence-corrected chi connectivity index (χ3v) is 7.09. The number of hydrogen-bond acceptors (Lipinski definition) is 8. The van der Waals surface area contributed by atoms with Gasteiger partial charge in [0.2, 0.25) is 11.1 Å². The van der Waals surface area contributed by atoms with E-state index in [-0.39, 0.29) is 23.2 Å². The summed E-state index contributed by atoms with van der Waals surface area (Å²) in [6.07, 6.45) is 1.40. The Balaban J connectivity index is 1.39. The number of anilines is 1.